The topological polar surface area (TPSA) is 56.1 Å². The van der Waals surface area contributed by atoms with Gasteiger partial charge in [-0.25, -0.2) is 4.79 Å². The lowest BCUT2D eigenvalue weighted by atomic mass is 10.1. The second-order valence-electron chi connectivity index (χ2n) is 5.91. The first-order valence-corrected chi connectivity index (χ1v) is 8.06. The van der Waals surface area contributed by atoms with Crippen LogP contribution in [0.25, 0.3) is 0 Å². The highest BCUT2D eigenvalue weighted by molar-refractivity contribution is 5.98. The number of hydrogen-bond acceptors (Lipinski definition) is 4. The second kappa shape index (κ2) is 7.17. The third-order valence-electron chi connectivity index (χ3n) is 4.21. The SMILES string of the molecule is Cc1ccc(N2CCN(N=Cc3ccccc3C(=O)O)CC2)cc1. The second-order valence-corrected chi connectivity index (χ2v) is 5.91. The highest BCUT2D eigenvalue weighted by atomic mass is 16.4. The number of carboxylic acid groups (broad SMARTS) is 1. The van der Waals surface area contributed by atoms with Crippen LogP contribution in [0, 0.1) is 6.92 Å². The molecular weight excluding hydrogens is 302 g/mol. The fourth-order valence-electron chi connectivity index (χ4n) is 2.77. The monoisotopic (exact) mass is 323 g/mol. The number of rotatable bonds is 4. The lowest BCUT2D eigenvalue weighted by molar-refractivity contribution is 0.0696. The Morgan fingerprint density at radius 1 is 1.04 bits per heavy atom. The Hall–Kier alpha value is -2.82. The van der Waals surface area contributed by atoms with Crippen molar-refractivity contribution in [2.45, 2.75) is 6.92 Å². The third kappa shape index (κ3) is 3.74. The number of aromatic carboxylic acids is 1. The molecule has 1 N–H and O–H groups in total. The van der Waals surface area contributed by atoms with Crippen LogP contribution in [-0.2, 0) is 0 Å². The van der Waals surface area contributed by atoms with E-state index in [2.05, 4.69) is 41.2 Å². The average Bonchev–Trinajstić information content (AvgIpc) is 2.61. The molecule has 2 aromatic rings. The van der Waals surface area contributed by atoms with Crippen molar-refractivity contribution in [1.29, 1.82) is 0 Å². The Morgan fingerprint density at radius 3 is 2.38 bits per heavy atom. The molecule has 124 valence electrons. The molecule has 3 rings (SSSR count). The Bertz CT molecular complexity index is 733. The number of hydrazone groups is 1. The van der Waals surface area contributed by atoms with E-state index in [-0.39, 0.29) is 5.56 Å². The van der Waals surface area contributed by atoms with Gasteiger partial charge in [0.25, 0.3) is 0 Å². The minimum absolute atomic E-state index is 0.277. The summed E-state index contributed by atoms with van der Waals surface area (Å²) >= 11 is 0. The van der Waals surface area contributed by atoms with Crippen molar-refractivity contribution in [3.8, 4) is 0 Å². The molecule has 24 heavy (non-hydrogen) atoms. The number of benzene rings is 2. The molecule has 0 radical (unpaired) electrons. The molecule has 0 amide bonds. The van der Waals surface area contributed by atoms with Crippen LogP contribution in [0.5, 0.6) is 0 Å². The van der Waals surface area contributed by atoms with E-state index >= 15 is 0 Å². The Morgan fingerprint density at radius 2 is 1.71 bits per heavy atom. The first-order valence-electron chi connectivity index (χ1n) is 8.06. The number of anilines is 1. The lowest BCUT2D eigenvalue weighted by Gasteiger charge is -2.34. The zero-order chi connectivity index (χ0) is 16.9. The standard InChI is InChI=1S/C19H21N3O2/c1-15-6-8-17(9-7-15)21-10-12-22(13-11-21)20-14-16-4-2-3-5-18(16)19(23)24/h2-9,14H,10-13H2,1H3,(H,23,24). The highest BCUT2D eigenvalue weighted by Gasteiger charge is 2.15. The summed E-state index contributed by atoms with van der Waals surface area (Å²) in [5, 5.41) is 15.6. The first-order chi connectivity index (χ1) is 11.6. The molecule has 2 aromatic carbocycles. The summed E-state index contributed by atoms with van der Waals surface area (Å²) in [5.74, 6) is -0.929. The molecule has 0 aliphatic carbocycles. The molecule has 0 saturated carbocycles. The molecule has 0 unspecified atom stereocenters. The van der Waals surface area contributed by atoms with Gasteiger partial charge in [0.15, 0.2) is 0 Å². The summed E-state index contributed by atoms with van der Waals surface area (Å²) in [6, 6.07) is 15.5. The maximum absolute atomic E-state index is 11.2. The Kier molecular flexibility index (Phi) is 4.79. The largest absolute Gasteiger partial charge is 0.478 e. The minimum Gasteiger partial charge on any atom is -0.478 e. The van der Waals surface area contributed by atoms with Crippen molar-refractivity contribution in [2.75, 3.05) is 31.1 Å². The van der Waals surface area contributed by atoms with E-state index in [0.717, 1.165) is 26.2 Å². The van der Waals surface area contributed by atoms with Crippen LogP contribution in [0.3, 0.4) is 0 Å². The molecule has 0 bridgehead atoms. The molecule has 5 heteroatoms. The zero-order valence-corrected chi connectivity index (χ0v) is 13.7. The van der Waals surface area contributed by atoms with E-state index in [9.17, 15) is 9.90 Å². The molecule has 0 aromatic heterocycles. The van der Waals surface area contributed by atoms with Crippen LogP contribution in [-0.4, -0.2) is 48.5 Å². The van der Waals surface area contributed by atoms with Gasteiger partial charge in [-0.1, -0.05) is 35.9 Å². The van der Waals surface area contributed by atoms with Gasteiger partial charge in [0.05, 0.1) is 24.9 Å². The molecule has 1 aliphatic heterocycles. The number of aryl methyl sites for hydroxylation is 1. The van der Waals surface area contributed by atoms with Gasteiger partial charge in [0.2, 0.25) is 0 Å². The van der Waals surface area contributed by atoms with Crippen LogP contribution in [0.2, 0.25) is 0 Å². The van der Waals surface area contributed by atoms with Crippen molar-refractivity contribution in [1.82, 2.24) is 5.01 Å². The van der Waals surface area contributed by atoms with Crippen LogP contribution in [0.1, 0.15) is 21.5 Å². The number of hydrogen-bond donors (Lipinski definition) is 1. The molecule has 1 heterocycles. The summed E-state index contributed by atoms with van der Waals surface area (Å²) < 4.78 is 0. The van der Waals surface area contributed by atoms with E-state index in [4.69, 9.17) is 0 Å². The van der Waals surface area contributed by atoms with Gasteiger partial charge in [-0.3, -0.25) is 5.01 Å². The maximum atomic E-state index is 11.2. The van der Waals surface area contributed by atoms with Crippen LogP contribution < -0.4 is 4.90 Å². The number of carbonyl (C=O) groups is 1. The van der Waals surface area contributed by atoms with Gasteiger partial charge in [0.1, 0.15) is 0 Å². The number of carboxylic acids is 1. The fraction of sp³-hybridized carbons (Fsp3) is 0.263. The highest BCUT2D eigenvalue weighted by Crippen LogP contribution is 2.17. The van der Waals surface area contributed by atoms with Crippen molar-refractivity contribution in [2.24, 2.45) is 5.10 Å². The van der Waals surface area contributed by atoms with E-state index in [1.807, 2.05) is 11.1 Å². The molecule has 1 aliphatic rings. The van der Waals surface area contributed by atoms with Crippen molar-refractivity contribution >= 4 is 17.9 Å². The van der Waals surface area contributed by atoms with Crippen molar-refractivity contribution in [3.63, 3.8) is 0 Å². The molecule has 1 fully saturated rings. The predicted octanol–water partition coefficient (Wildman–Crippen LogP) is 2.85. The Labute approximate surface area is 141 Å². The molecule has 5 nitrogen and oxygen atoms in total. The third-order valence-corrected chi connectivity index (χ3v) is 4.21. The molecular formula is C19H21N3O2. The summed E-state index contributed by atoms with van der Waals surface area (Å²) in [6.07, 6.45) is 1.64. The van der Waals surface area contributed by atoms with Crippen LogP contribution in [0.15, 0.2) is 53.6 Å². The van der Waals surface area contributed by atoms with Gasteiger partial charge < -0.3 is 10.0 Å². The van der Waals surface area contributed by atoms with E-state index in [1.54, 1.807) is 24.4 Å². The maximum Gasteiger partial charge on any atom is 0.336 e. The van der Waals surface area contributed by atoms with E-state index in [1.165, 1.54) is 11.3 Å². The van der Waals surface area contributed by atoms with Gasteiger partial charge >= 0.3 is 5.97 Å². The summed E-state index contributed by atoms with van der Waals surface area (Å²) in [7, 11) is 0. The fourth-order valence-corrected chi connectivity index (χ4v) is 2.77. The number of piperazine rings is 1. The van der Waals surface area contributed by atoms with Crippen molar-refractivity contribution in [3.05, 3.63) is 65.2 Å². The predicted molar refractivity (Wildman–Crippen MR) is 96.0 cm³/mol. The van der Waals surface area contributed by atoms with Gasteiger partial charge in [0, 0.05) is 24.3 Å². The smallest absolute Gasteiger partial charge is 0.336 e. The Balaban J connectivity index is 1.61. The van der Waals surface area contributed by atoms with Crippen LogP contribution >= 0.6 is 0 Å². The molecule has 1 saturated heterocycles. The summed E-state index contributed by atoms with van der Waals surface area (Å²) in [5.41, 5.74) is 3.41. The average molecular weight is 323 g/mol. The normalized spacial score (nSPS) is 15.0. The quantitative estimate of drug-likeness (QED) is 0.879. The van der Waals surface area contributed by atoms with E-state index < -0.39 is 5.97 Å². The zero-order valence-electron chi connectivity index (χ0n) is 13.7. The summed E-state index contributed by atoms with van der Waals surface area (Å²) in [4.78, 5) is 13.6. The molecule has 0 atom stereocenters. The van der Waals surface area contributed by atoms with Crippen LogP contribution in [0.4, 0.5) is 5.69 Å². The first kappa shape index (κ1) is 16.1. The van der Waals surface area contributed by atoms with Gasteiger partial charge in [-0.05, 0) is 25.1 Å². The number of nitrogens with zero attached hydrogens (tertiary/aromatic N) is 3. The summed E-state index contributed by atoms with van der Waals surface area (Å²) in [6.45, 7) is 5.53. The van der Waals surface area contributed by atoms with Gasteiger partial charge in [-0.15, -0.1) is 0 Å². The van der Waals surface area contributed by atoms with E-state index in [0.29, 0.717) is 5.56 Å². The molecule has 0 spiro atoms. The van der Waals surface area contributed by atoms with Gasteiger partial charge in [-0.2, -0.15) is 5.10 Å². The lowest BCUT2D eigenvalue weighted by Crippen LogP contribution is -2.44. The van der Waals surface area contributed by atoms with Crippen molar-refractivity contribution < 1.29 is 9.90 Å². The minimum atomic E-state index is -0.929.